The van der Waals surface area contributed by atoms with Gasteiger partial charge in [-0.05, 0) is 79.1 Å². The Morgan fingerprint density at radius 1 is 0.861 bits per heavy atom. The van der Waals surface area contributed by atoms with Crippen LogP contribution < -0.4 is 10.1 Å². The van der Waals surface area contributed by atoms with E-state index >= 15 is 0 Å². The zero-order valence-corrected chi connectivity index (χ0v) is 21.7. The maximum atomic E-state index is 6.55. The van der Waals surface area contributed by atoms with Crippen molar-refractivity contribution in [2.45, 2.75) is 51.7 Å². The van der Waals surface area contributed by atoms with E-state index in [0.29, 0.717) is 19.8 Å². The van der Waals surface area contributed by atoms with Gasteiger partial charge in [-0.15, -0.1) is 0 Å². The predicted molar refractivity (Wildman–Crippen MR) is 147 cm³/mol. The minimum atomic E-state index is -0.556. The Morgan fingerprint density at radius 3 is 2.50 bits per heavy atom. The monoisotopic (exact) mass is 501 g/mol. The number of hydrogen-bond acceptors (Lipinski definition) is 4. The van der Waals surface area contributed by atoms with Gasteiger partial charge in [-0.1, -0.05) is 60.1 Å². The number of nitrogens with one attached hydrogen (secondary N) is 1. The Balaban J connectivity index is 1.37. The number of ether oxygens (including phenoxy) is 3. The summed E-state index contributed by atoms with van der Waals surface area (Å²) >= 11 is 6.15. The van der Waals surface area contributed by atoms with E-state index < -0.39 is 5.60 Å². The third kappa shape index (κ3) is 5.36. The molecular formula is C31H32ClNO3. The molecule has 1 heterocycles. The van der Waals surface area contributed by atoms with E-state index in [0.717, 1.165) is 33.1 Å². The molecule has 5 rings (SSSR count). The van der Waals surface area contributed by atoms with Crippen molar-refractivity contribution in [3.8, 4) is 5.75 Å². The molecule has 36 heavy (non-hydrogen) atoms. The molecule has 1 aliphatic heterocycles. The van der Waals surface area contributed by atoms with Gasteiger partial charge in [0.2, 0.25) is 0 Å². The van der Waals surface area contributed by atoms with Crippen LogP contribution in [0.1, 0.15) is 43.6 Å². The quantitative estimate of drug-likeness (QED) is 0.266. The number of fused-ring (bicyclic) bond motifs is 2. The fraction of sp³-hybridized carbons (Fsp3) is 0.290. The third-order valence-corrected chi connectivity index (χ3v) is 6.86. The number of halogens is 1. The highest BCUT2D eigenvalue weighted by molar-refractivity contribution is 6.30. The van der Waals surface area contributed by atoms with E-state index in [1.165, 1.54) is 10.8 Å². The third-order valence-electron chi connectivity index (χ3n) is 6.62. The van der Waals surface area contributed by atoms with E-state index in [-0.39, 0.29) is 12.2 Å². The van der Waals surface area contributed by atoms with E-state index in [1.807, 2.05) is 37.3 Å². The molecule has 2 unspecified atom stereocenters. The van der Waals surface area contributed by atoms with Gasteiger partial charge in [0.15, 0.2) is 0 Å². The molecule has 0 saturated heterocycles. The minimum absolute atomic E-state index is 0.248. The molecule has 1 N–H and O–H groups in total. The summed E-state index contributed by atoms with van der Waals surface area (Å²) < 4.78 is 19.3. The summed E-state index contributed by atoms with van der Waals surface area (Å²) in [5, 5.41) is 6.67. The van der Waals surface area contributed by atoms with E-state index in [4.69, 9.17) is 25.8 Å². The highest BCUT2D eigenvalue weighted by Gasteiger charge is 2.45. The lowest BCUT2D eigenvalue weighted by molar-refractivity contribution is -0.165. The standard InChI is InChI=1S/C31H32ClNO3/c1-4-34-29-27-18-26(33-19-21-8-7-11-25(32)17-21)14-15-28(27)36-31(2,3)30(29)35-20-22-12-13-23-9-5-6-10-24(23)16-22/h5-18,29-30,33H,4,19-20H2,1-3H3. The zero-order valence-electron chi connectivity index (χ0n) is 21.0. The average molecular weight is 502 g/mol. The SMILES string of the molecule is CCOC1c2cc(NCc3cccc(Cl)c3)ccc2OC(C)(C)C1OCc1ccc2ccccc2c1. The van der Waals surface area contributed by atoms with Crippen molar-refractivity contribution in [2.24, 2.45) is 0 Å². The molecule has 1 aliphatic rings. The molecule has 4 nitrogen and oxygen atoms in total. The maximum absolute atomic E-state index is 6.55. The van der Waals surface area contributed by atoms with Crippen LogP contribution in [0.4, 0.5) is 5.69 Å². The summed E-state index contributed by atoms with van der Waals surface area (Å²) in [4.78, 5) is 0. The summed E-state index contributed by atoms with van der Waals surface area (Å²) in [5.41, 5.74) is 3.68. The second-order valence-electron chi connectivity index (χ2n) is 9.73. The fourth-order valence-corrected chi connectivity index (χ4v) is 5.07. The van der Waals surface area contributed by atoms with Gasteiger partial charge in [0, 0.05) is 29.4 Å². The normalized spacial score (nSPS) is 18.4. The second-order valence-corrected chi connectivity index (χ2v) is 10.2. The maximum Gasteiger partial charge on any atom is 0.132 e. The van der Waals surface area contributed by atoms with Crippen molar-refractivity contribution in [1.29, 1.82) is 0 Å². The van der Waals surface area contributed by atoms with E-state index in [2.05, 4.69) is 73.8 Å². The molecule has 0 radical (unpaired) electrons. The largest absolute Gasteiger partial charge is 0.485 e. The van der Waals surface area contributed by atoms with Crippen LogP contribution in [0.15, 0.2) is 84.9 Å². The lowest BCUT2D eigenvalue weighted by Crippen LogP contribution is -2.51. The first-order valence-electron chi connectivity index (χ1n) is 12.4. The number of rotatable bonds is 8. The molecule has 0 aromatic heterocycles. The van der Waals surface area contributed by atoms with Crippen LogP contribution in [0.2, 0.25) is 5.02 Å². The van der Waals surface area contributed by atoms with Crippen molar-refractivity contribution in [3.63, 3.8) is 0 Å². The molecule has 0 fully saturated rings. The van der Waals surface area contributed by atoms with Crippen LogP contribution in [-0.2, 0) is 22.6 Å². The highest BCUT2D eigenvalue weighted by Crippen LogP contribution is 2.44. The van der Waals surface area contributed by atoms with Gasteiger partial charge in [-0.25, -0.2) is 0 Å². The van der Waals surface area contributed by atoms with Gasteiger partial charge in [0.1, 0.15) is 23.6 Å². The van der Waals surface area contributed by atoms with Crippen LogP contribution in [0.5, 0.6) is 5.75 Å². The Morgan fingerprint density at radius 2 is 1.69 bits per heavy atom. The number of benzene rings is 4. The van der Waals surface area contributed by atoms with E-state index in [1.54, 1.807) is 0 Å². The lowest BCUT2D eigenvalue weighted by atomic mass is 9.87. The molecule has 0 spiro atoms. The van der Waals surface area contributed by atoms with Crippen LogP contribution in [0, 0.1) is 0 Å². The smallest absolute Gasteiger partial charge is 0.132 e. The van der Waals surface area contributed by atoms with Crippen LogP contribution in [0.3, 0.4) is 0 Å². The molecule has 4 aromatic carbocycles. The fourth-order valence-electron chi connectivity index (χ4n) is 4.85. The minimum Gasteiger partial charge on any atom is -0.485 e. The first kappa shape index (κ1) is 24.6. The Labute approximate surface area is 218 Å². The summed E-state index contributed by atoms with van der Waals surface area (Å²) in [5.74, 6) is 0.831. The highest BCUT2D eigenvalue weighted by atomic mass is 35.5. The van der Waals surface area contributed by atoms with Gasteiger partial charge < -0.3 is 19.5 Å². The van der Waals surface area contributed by atoms with Gasteiger partial charge >= 0.3 is 0 Å². The van der Waals surface area contributed by atoms with Crippen molar-refractivity contribution in [3.05, 3.63) is 107 Å². The average Bonchev–Trinajstić information content (AvgIpc) is 2.87. The molecule has 4 aromatic rings. The summed E-state index contributed by atoms with van der Waals surface area (Å²) in [6.07, 6.45) is -0.526. The molecule has 0 amide bonds. The van der Waals surface area contributed by atoms with Gasteiger partial charge in [-0.3, -0.25) is 0 Å². The first-order chi connectivity index (χ1) is 17.4. The molecule has 5 heteroatoms. The van der Waals surface area contributed by atoms with E-state index in [9.17, 15) is 0 Å². The predicted octanol–water partition coefficient (Wildman–Crippen LogP) is 7.94. The Bertz CT molecular complexity index is 1350. The first-order valence-corrected chi connectivity index (χ1v) is 12.8. The zero-order chi connectivity index (χ0) is 25.1. The van der Waals surface area contributed by atoms with Crippen molar-refractivity contribution in [2.75, 3.05) is 11.9 Å². The molecule has 186 valence electrons. The Hall–Kier alpha value is -3.05. The topological polar surface area (TPSA) is 39.7 Å². The van der Waals surface area contributed by atoms with Crippen molar-refractivity contribution in [1.82, 2.24) is 0 Å². The summed E-state index contributed by atoms with van der Waals surface area (Å²) in [6, 6.07) is 28.9. The van der Waals surface area contributed by atoms with Crippen LogP contribution in [0.25, 0.3) is 10.8 Å². The van der Waals surface area contributed by atoms with Crippen LogP contribution in [-0.4, -0.2) is 18.3 Å². The van der Waals surface area contributed by atoms with Crippen LogP contribution >= 0.6 is 11.6 Å². The van der Waals surface area contributed by atoms with Crippen molar-refractivity contribution >= 4 is 28.1 Å². The molecular weight excluding hydrogens is 470 g/mol. The molecule has 2 atom stereocenters. The summed E-state index contributed by atoms with van der Waals surface area (Å²) in [7, 11) is 0. The van der Waals surface area contributed by atoms with Gasteiger partial charge in [0.05, 0.1) is 6.61 Å². The molecule has 0 aliphatic carbocycles. The van der Waals surface area contributed by atoms with Gasteiger partial charge in [0.25, 0.3) is 0 Å². The number of hydrogen-bond donors (Lipinski definition) is 1. The molecule has 0 saturated carbocycles. The number of anilines is 1. The van der Waals surface area contributed by atoms with Crippen molar-refractivity contribution < 1.29 is 14.2 Å². The Kier molecular flexibility index (Phi) is 7.20. The summed E-state index contributed by atoms with van der Waals surface area (Å²) in [6.45, 7) is 7.89. The second kappa shape index (κ2) is 10.5. The lowest BCUT2D eigenvalue weighted by Gasteiger charge is -2.44. The van der Waals surface area contributed by atoms with Gasteiger partial charge in [-0.2, -0.15) is 0 Å². The molecule has 0 bridgehead atoms.